The molecule has 208 valence electrons. The molecule has 0 saturated carbocycles. The first-order valence-corrected chi connectivity index (χ1v) is 15.5. The van der Waals surface area contributed by atoms with Crippen LogP contribution in [0.15, 0.2) is 150 Å². The topological polar surface area (TPSA) is 22.5 Å². The molecule has 0 aliphatic heterocycles. The van der Waals surface area contributed by atoms with Gasteiger partial charge in [0.1, 0.15) is 11.2 Å². The molecule has 0 amide bonds. The number of rotatable bonds is 2. The predicted octanol–water partition coefficient (Wildman–Crippen LogP) is 11.5. The summed E-state index contributed by atoms with van der Waals surface area (Å²) in [4.78, 5) is 0. The number of nitrogens with zero attached hydrogens (tertiary/aromatic N) is 2. The van der Waals surface area contributed by atoms with Gasteiger partial charge in [0.2, 0.25) is 0 Å². The molecule has 0 saturated heterocycles. The van der Waals surface area contributed by atoms with E-state index in [1.807, 2.05) is 6.07 Å². The lowest BCUT2D eigenvalue weighted by Crippen LogP contribution is -1.92. The molecular weight excluding hydrogens is 548 g/mol. The van der Waals surface area contributed by atoms with E-state index in [2.05, 4.69) is 148 Å². The molecule has 0 aliphatic rings. The van der Waals surface area contributed by atoms with Crippen LogP contribution >= 0.6 is 0 Å². The monoisotopic (exact) mass is 572 g/mol. The van der Waals surface area contributed by atoms with Crippen molar-refractivity contribution in [1.82, 2.24) is 8.97 Å². The van der Waals surface area contributed by atoms with E-state index in [-0.39, 0.29) is 0 Å². The van der Waals surface area contributed by atoms with Gasteiger partial charge in [0.15, 0.2) is 0 Å². The molecule has 0 unspecified atom stereocenters. The van der Waals surface area contributed by atoms with E-state index < -0.39 is 0 Å². The second-order valence-electron chi connectivity index (χ2n) is 12.1. The van der Waals surface area contributed by atoms with Crippen LogP contribution < -0.4 is 0 Å². The fourth-order valence-electron chi connectivity index (χ4n) is 8.07. The van der Waals surface area contributed by atoms with Crippen LogP contribution in [-0.2, 0) is 0 Å². The van der Waals surface area contributed by atoms with Crippen LogP contribution in [0.1, 0.15) is 0 Å². The Morgan fingerprint density at radius 3 is 1.96 bits per heavy atom. The summed E-state index contributed by atoms with van der Waals surface area (Å²) in [5.74, 6) is 0. The minimum Gasteiger partial charge on any atom is -0.456 e. The van der Waals surface area contributed by atoms with Crippen LogP contribution in [0.4, 0.5) is 0 Å². The largest absolute Gasteiger partial charge is 0.456 e. The van der Waals surface area contributed by atoms with Gasteiger partial charge in [-0.15, -0.1) is 0 Å². The summed E-state index contributed by atoms with van der Waals surface area (Å²) in [5, 5.41) is 10.0. The highest BCUT2D eigenvalue weighted by Crippen LogP contribution is 2.47. The maximum Gasteiger partial charge on any atom is 0.136 e. The number of fused-ring (bicyclic) bond motifs is 13. The van der Waals surface area contributed by atoms with Crippen molar-refractivity contribution < 1.29 is 4.42 Å². The van der Waals surface area contributed by atoms with E-state index in [0.29, 0.717) is 0 Å². The van der Waals surface area contributed by atoms with Crippen molar-refractivity contribution in [3.8, 4) is 16.8 Å². The maximum absolute atomic E-state index is 6.32. The Morgan fingerprint density at radius 2 is 1.07 bits per heavy atom. The zero-order valence-electron chi connectivity index (χ0n) is 24.2. The quantitative estimate of drug-likeness (QED) is 0.202. The van der Waals surface area contributed by atoms with E-state index in [0.717, 1.165) is 16.6 Å². The molecule has 7 aromatic carbocycles. The lowest BCUT2D eigenvalue weighted by Gasteiger charge is -2.08. The van der Waals surface area contributed by atoms with Gasteiger partial charge in [-0.1, -0.05) is 84.9 Å². The summed E-state index contributed by atoms with van der Waals surface area (Å²) >= 11 is 0. The number of hydrogen-bond acceptors (Lipinski definition) is 1. The molecule has 4 heterocycles. The van der Waals surface area contributed by atoms with E-state index >= 15 is 0 Å². The number of furan rings is 1. The summed E-state index contributed by atoms with van der Waals surface area (Å²) in [5.41, 5.74) is 11.6. The summed E-state index contributed by atoms with van der Waals surface area (Å²) < 4.78 is 11.2. The normalized spacial score (nSPS) is 12.4. The van der Waals surface area contributed by atoms with Gasteiger partial charge >= 0.3 is 0 Å². The number of hydrogen-bond donors (Lipinski definition) is 0. The van der Waals surface area contributed by atoms with Gasteiger partial charge in [-0.05, 0) is 71.8 Å². The molecular formula is C42H24N2O. The molecule has 11 rings (SSSR count). The standard InChI is InChI=1S/C42H24N2O/c1-2-11-26(12-3-1)43-34-18-8-5-14-29(34)40-35(43)21-22-36-41(40)32-24-25(23-31-28-13-4-7-17-33(28)44(36)42(31)32)27-16-10-20-38-39(27)30-15-6-9-19-37(30)45-38/h1-24H. The summed E-state index contributed by atoms with van der Waals surface area (Å²) in [6.45, 7) is 0. The Labute approximate surface area is 257 Å². The molecule has 0 atom stereocenters. The van der Waals surface area contributed by atoms with E-state index in [4.69, 9.17) is 4.42 Å². The zero-order valence-corrected chi connectivity index (χ0v) is 24.2. The number of aromatic nitrogens is 2. The second kappa shape index (κ2) is 8.31. The van der Waals surface area contributed by atoms with Crippen LogP contribution in [0.25, 0.3) is 98.7 Å². The number of benzene rings is 7. The first kappa shape index (κ1) is 23.4. The molecule has 3 nitrogen and oxygen atoms in total. The minimum absolute atomic E-state index is 0.918. The minimum atomic E-state index is 0.918. The molecule has 11 aromatic rings. The molecule has 0 bridgehead atoms. The third kappa shape index (κ3) is 2.90. The van der Waals surface area contributed by atoms with Gasteiger partial charge in [0, 0.05) is 48.8 Å². The molecule has 0 N–H and O–H groups in total. The fourth-order valence-corrected chi connectivity index (χ4v) is 8.07. The zero-order chi connectivity index (χ0) is 29.2. The van der Waals surface area contributed by atoms with Crippen LogP contribution in [-0.4, -0.2) is 8.97 Å². The molecule has 45 heavy (non-hydrogen) atoms. The van der Waals surface area contributed by atoms with Crippen molar-refractivity contribution in [2.24, 2.45) is 0 Å². The van der Waals surface area contributed by atoms with Gasteiger partial charge in [-0.2, -0.15) is 0 Å². The first-order valence-electron chi connectivity index (χ1n) is 15.5. The lowest BCUT2D eigenvalue weighted by molar-refractivity contribution is 0.669. The maximum atomic E-state index is 6.32. The number of para-hydroxylation sites is 4. The molecule has 0 fully saturated rings. The van der Waals surface area contributed by atoms with Crippen molar-refractivity contribution in [2.45, 2.75) is 0 Å². The van der Waals surface area contributed by atoms with Crippen LogP contribution in [0.3, 0.4) is 0 Å². The van der Waals surface area contributed by atoms with E-state index in [9.17, 15) is 0 Å². The Bertz CT molecular complexity index is 2970. The molecule has 3 heteroatoms. The van der Waals surface area contributed by atoms with E-state index in [1.165, 1.54) is 82.1 Å². The molecule has 4 aromatic heterocycles. The highest BCUT2D eigenvalue weighted by molar-refractivity contribution is 6.33. The van der Waals surface area contributed by atoms with Gasteiger partial charge in [0.25, 0.3) is 0 Å². The smallest absolute Gasteiger partial charge is 0.136 e. The predicted molar refractivity (Wildman–Crippen MR) is 188 cm³/mol. The molecule has 0 radical (unpaired) electrons. The third-order valence-corrected chi connectivity index (χ3v) is 9.82. The van der Waals surface area contributed by atoms with Crippen molar-refractivity contribution in [3.63, 3.8) is 0 Å². The fraction of sp³-hybridized carbons (Fsp3) is 0. The van der Waals surface area contributed by atoms with Gasteiger partial charge in [0.05, 0.1) is 27.6 Å². The third-order valence-electron chi connectivity index (χ3n) is 9.82. The molecule has 0 aliphatic carbocycles. The van der Waals surface area contributed by atoms with Crippen LogP contribution in [0, 0.1) is 0 Å². The SMILES string of the molecule is c1ccc(-n2c3ccccc3c3c4c5cc(-c6cccc7oc8ccccc8c67)cc6c7ccccc7n(c4ccc32)c65)cc1. The van der Waals surface area contributed by atoms with Gasteiger partial charge in [-0.3, -0.25) is 0 Å². The average Bonchev–Trinajstić information content (AvgIpc) is 3.83. The summed E-state index contributed by atoms with van der Waals surface area (Å²) in [7, 11) is 0. The van der Waals surface area contributed by atoms with Crippen LogP contribution in [0.2, 0.25) is 0 Å². The second-order valence-corrected chi connectivity index (χ2v) is 12.1. The highest BCUT2D eigenvalue weighted by Gasteiger charge is 2.24. The van der Waals surface area contributed by atoms with Crippen LogP contribution in [0.5, 0.6) is 0 Å². The lowest BCUT2D eigenvalue weighted by atomic mass is 9.95. The van der Waals surface area contributed by atoms with Crippen molar-refractivity contribution >= 4 is 81.8 Å². The highest BCUT2D eigenvalue weighted by atomic mass is 16.3. The van der Waals surface area contributed by atoms with Crippen molar-refractivity contribution in [2.75, 3.05) is 0 Å². The van der Waals surface area contributed by atoms with E-state index in [1.54, 1.807) is 0 Å². The van der Waals surface area contributed by atoms with Gasteiger partial charge < -0.3 is 13.4 Å². The Hall–Kier alpha value is -6.06. The van der Waals surface area contributed by atoms with Gasteiger partial charge in [-0.25, -0.2) is 0 Å². The first-order chi connectivity index (χ1) is 22.3. The Kier molecular flexibility index (Phi) is 4.32. The van der Waals surface area contributed by atoms with Crippen molar-refractivity contribution in [1.29, 1.82) is 0 Å². The summed E-state index contributed by atoms with van der Waals surface area (Å²) in [6, 6.07) is 52.7. The van der Waals surface area contributed by atoms with Crippen molar-refractivity contribution in [3.05, 3.63) is 146 Å². The average molecular weight is 573 g/mol. The Balaban J connectivity index is 1.37. The summed E-state index contributed by atoms with van der Waals surface area (Å²) in [6.07, 6.45) is 0. The molecule has 0 spiro atoms. The Morgan fingerprint density at radius 1 is 0.400 bits per heavy atom.